The maximum absolute atomic E-state index is 12.1. The van der Waals surface area contributed by atoms with Crippen LogP contribution in [0.3, 0.4) is 0 Å². The van der Waals surface area contributed by atoms with E-state index in [-0.39, 0.29) is 22.1 Å². The summed E-state index contributed by atoms with van der Waals surface area (Å²) in [7, 11) is 1.41. The zero-order valence-electron chi connectivity index (χ0n) is 12.7. The molecule has 0 radical (unpaired) electrons. The lowest BCUT2D eigenvalue weighted by Gasteiger charge is -2.10. The molecule has 0 aliphatic rings. The number of aromatic amines is 1. The largest absolute Gasteiger partial charge is 0.480 e. The molecule has 3 rings (SSSR count). The van der Waals surface area contributed by atoms with Gasteiger partial charge in [0.15, 0.2) is 11.2 Å². The van der Waals surface area contributed by atoms with Crippen molar-refractivity contribution in [2.75, 3.05) is 5.32 Å². The minimum atomic E-state index is -1.18. The number of carbonyl (C=O) groups is 1. The summed E-state index contributed by atoms with van der Waals surface area (Å²) in [5.41, 5.74) is -0.982. The van der Waals surface area contributed by atoms with E-state index in [1.807, 2.05) is 0 Å². The molecule has 0 saturated heterocycles. The van der Waals surface area contributed by atoms with Crippen LogP contribution >= 0.6 is 23.2 Å². The van der Waals surface area contributed by atoms with Crippen LogP contribution in [-0.4, -0.2) is 30.2 Å². The van der Waals surface area contributed by atoms with Gasteiger partial charge in [0.05, 0.1) is 10.7 Å². The van der Waals surface area contributed by atoms with Crippen molar-refractivity contribution in [3.8, 4) is 0 Å². The number of aliphatic carboxylic acids is 1. The normalized spacial score (nSPS) is 11.0. The molecule has 2 heterocycles. The lowest BCUT2D eigenvalue weighted by molar-refractivity contribution is -0.137. The number of hydrogen-bond acceptors (Lipinski definition) is 5. The van der Waals surface area contributed by atoms with E-state index < -0.39 is 23.8 Å². The number of benzene rings is 1. The predicted octanol–water partition coefficient (Wildman–Crippen LogP) is 1.56. The Bertz CT molecular complexity index is 1110. The smallest absolute Gasteiger partial charge is 0.329 e. The molecule has 1 aromatic carbocycles. The number of halogens is 2. The number of anilines is 2. The Hall–Kier alpha value is -2.78. The third kappa shape index (κ3) is 3.11. The summed E-state index contributed by atoms with van der Waals surface area (Å²) in [6.45, 7) is -0.536. The molecular formula is C14H11Cl2N5O4. The third-order valence-corrected chi connectivity index (χ3v) is 4.03. The average molecular weight is 384 g/mol. The average Bonchev–Trinajstić information content (AvgIpc) is 2.86. The van der Waals surface area contributed by atoms with Crippen molar-refractivity contribution < 1.29 is 9.90 Å². The topological polar surface area (TPSA) is 122 Å². The van der Waals surface area contributed by atoms with Crippen molar-refractivity contribution in [2.24, 2.45) is 7.05 Å². The van der Waals surface area contributed by atoms with Crippen molar-refractivity contribution in [3.05, 3.63) is 49.1 Å². The van der Waals surface area contributed by atoms with E-state index in [0.717, 1.165) is 9.13 Å². The number of aryl methyl sites for hydroxylation is 1. The van der Waals surface area contributed by atoms with Crippen LogP contribution in [0.4, 0.5) is 11.6 Å². The Kier molecular flexibility index (Phi) is 4.27. The van der Waals surface area contributed by atoms with E-state index in [1.54, 1.807) is 12.1 Å². The number of carboxylic acids is 1. The van der Waals surface area contributed by atoms with Gasteiger partial charge in [0.2, 0.25) is 5.95 Å². The zero-order chi connectivity index (χ0) is 18.3. The number of nitrogens with one attached hydrogen (secondary N) is 2. The summed E-state index contributed by atoms with van der Waals surface area (Å²) in [6, 6.07) is 4.67. The highest BCUT2D eigenvalue weighted by Gasteiger charge is 2.19. The molecule has 0 fully saturated rings. The summed E-state index contributed by atoms with van der Waals surface area (Å²) < 4.78 is 2.27. The summed E-state index contributed by atoms with van der Waals surface area (Å²) in [5.74, 6) is -1.13. The van der Waals surface area contributed by atoms with Gasteiger partial charge >= 0.3 is 11.7 Å². The number of fused-ring (bicyclic) bond motifs is 1. The van der Waals surface area contributed by atoms with Crippen LogP contribution in [0.15, 0.2) is 27.8 Å². The van der Waals surface area contributed by atoms with Gasteiger partial charge in [0.25, 0.3) is 5.56 Å². The van der Waals surface area contributed by atoms with Gasteiger partial charge in [0, 0.05) is 12.1 Å². The van der Waals surface area contributed by atoms with Crippen LogP contribution in [0.5, 0.6) is 0 Å². The molecule has 0 bridgehead atoms. The first-order valence-electron chi connectivity index (χ1n) is 6.91. The van der Waals surface area contributed by atoms with Crippen LogP contribution in [0.1, 0.15) is 0 Å². The molecule has 130 valence electrons. The fourth-order valence-corrected chi connectivity index (χ4v) is 2.79. The van der Waals surface area contributed by atoms with Crippen molar-refractivity contribution in [3.63, 3.8) is 0 Å². The van der Waals surface area contributed by atoms with Gasteiger partial charge in [-0.05, 0) is 18.2 Å². The van der Waals surface area contributed by atoms with Crippen molar-refractivity contribution in [1.82, 2.24) is 19.1 Å². The molecule has 0 saturated carbocycles. The van der Waals surface area contributed by atoms with E-state index in [4.69, 9.17) is 28.3 Å². The van der Waals surface area contributed by atoms with Crippen molar-refractivity contribution in [2.45, 2.75) is 6.54 Å². The SMILES string of the molecule is Cn1c(=O)[nH]c(=O)c2c1nc(Nc1ccc(Cl)cc1Cl)n2CC(=O)O. The molecule has 0 aliphatic carbocycles. The third-order valence-electron chi connectivity index (χ3n) is 3.48. The van der Waals surface area contributed by atoms with Gasteiger partial charge in [0.1, 0.15) is 6.54 Å². The molecule has 0 spiro atoms. The second-order valence-corrected chi connectivity index (χ2v) is 6.00. The highest BCUT2D eigenvalue weighted by molar-refractivity contribution is 6.36. The fraction of sp³-hybridized carbons (Fsp3) is 0.143. The van der Waals surface area contributed by atoms with Crippen LogP contribution in [0.25, 0.3) is 11.2 Å². The highest BCUT2D eigenvalue weighted by atomic mass is 35.5. The Balaban J connectivity index is 2.24. The summed E-state index contributed by atoms with van der Waals surface area (Å²) in [6.07, 6.45) is 0. The first-order valence-corrected chi connectivity index (χ1v) is 7.67. The number of nitrogens with zero attached hydrogens (tertiary/aromatic N) is 3. The Morgan fingerprint density at radius 1 is 1.36 bits per heavy atom. The standard InChI is InChI=1S/C14H11Cl2N5O4/c1-20-11-10(12(24)19-14(20)25)21(5-9(22)23)13(18-11)17-8-3-2-6(15)4-7(8)16/h2-4H,5H2,1H3,(H,17,18)(H,22,23)(H,19,24,25). The first kappa shape index (κ1) is 17.1. The van der Waals surface area contributed by atoms with Crippen LogP contribution < -0.4 is 16.6 Å². The molecule has 0 amide bonds. The molecule has 9 nitrogen and oxygen atoms in total. The molecule has 11 heteroatoms. The second kappa shape index (κ2) is 6.26. The van der Waals surface area contributed by atoms with Crippen molar-refractivity contribution in [1.29, 1.82) is 0 Å². The predicted molar refractivity (Wildman–Crippen MR) is 93.0 cm³/mol. The maximum atomic E-state index is 12.1. The maximum Gasteiger partial charge on any atom is 0.329 e. The summed E-state index contributed by atoms with van der Waals surface area (Å²) >= 11 is 11.9. The van der Waals surface area contributed by atoms with Crippen LogP contribution in [-0.2, 0) is 18.4 Å². The lowest BCUT2D eigenvalue weighted by Crippen LogP contribution is -2.29. The summed E-state index contributed by atoms with van der Waals surface area (Å²) in [4.78, 5) is 41.4. The molecular weight excluding hydrogens is 373 g/mol. The molecule has 25 heavy (non-hydrogen) atoms. The molecule has 0 atom stereocenters. The van der Waals surface area contributed by atoms with Crippen LogP contribution in [0, 0.1) is 0 Å². The van der Waals surface area contributed by atoms with Gasteiger partial charge in [-0.25, -0.2) is 4.79 Å². The van der Waals surface area contributed by atoms with E-state index in [0.29, 0.717) is 10.7 Å². The molecule has 3 N–H and O–H groups in total. The van der Waals surface area contributed by atoms with Gasteiger partial charge < -0.3 is 10.4 Å². The van der Waals surface area contributed by atoms with Gasteiger partial charge in [-0.2, -0.15) is 4.98 Å². The Morgan fingerprint density at radius 2 is 2.08 bits per heavy atom. The number of imidazole rings is 1. The van der Waals surface area contributed by atoms with Gasteiger partial charge in [-0.3, -0.25) is 23.7 Å². The number of carboxylic acid groups (broad SMARTS) is 1. The minimum absolute atomic E-state index is 0.0441. The molecule has 0 aliphatic heterocycles. The van der Waals surface area contributed by atoms with Crippen LogP contribution in [0.2, 0.25) is 10.0 Å². The number of rotatable bonds is 4. The van der Waals surface area contributed by atoms with Gasteiger partial charge in [-0.1, -0.05) is 23.2 Å². The van der Waals surface area contributed by atoms with E-state index >= 15 is 0 Å². The van der Waals surface area contributed by atoms with Gasteiger partial charge in [-0.15, -0.1) is 0 Å². The quantitative estimate of drug-likeness (QED) is 0.628. The highest BCUT2D eigenvalue weighted by Crippen LogP contribution is 2.28. The minimum Gasteiger partial charge on any atom is -0.480 e. The molecule has 0 unspecified atom stereocenters. The monoisotopic (exact) mass is 383 g/mol. The van der Waals surface area contributed by atoms with Crippen molar-refractivity contribution >= 4 is 52.0 Å². The second-order valence-electron chi connectivity index (χ2n) is 5.15. The summed E-state index contributed by atoms with van der Waals surface area (Å²) in [5, 5.41) is 12.7. The molecule has 2 aromatic heterocycles. The number of hydrogen-bond donors (Lipinski definition) is 3. The Labute approximate surface area is 149 Å². The van der Waals surface area contributed by atoms with E-state index in [9.17, 15) is 14.4 Å². The Morgan fingerprint density at radius 3 is 2.72 bits per heavy atom. The number of H-pyrrole nitrogens is 1. The van der Waals surface area contributed by atoms with E-state index in [1.165, 1.54) is 13.1 Å². The van der Waals surface area contributed by atoms with E-state index in [2.05, 4.69) is 15.3 Å². The fourth-order valence-electron chi connectivity index (χ4n) is 2.33. The molecule has 3 aromatic rings. The lowest BCUT2D eigenvalue weighted by atomic mass is 10.3. The zero-order valence-corrected chi connectivity index (χ0v) is 14.2. The number of aromatic nitrogens is 4. The first-order chi connectivity index (χ1) is 11.8.